The zero-order valence-corrected chi connectivity index (χ0v) is 6.03. The summed E-state index contributed by atoms with van der Waals surface area (Å²) in [6.07, 6.45) is 3.86. The Bertz CT molecular complexity index is 256. The molecule has 0 aromatic heterocycles. The van der Waals surface area contributed by atoms with Crippen LogP contribution in [0.3, 0.4) is 0 Å². The third-order valence-corrected chi connectivity index (χ3v) is 1.66. The molecule has 0 saturated carbocycles. The highest BCUT2D eigenvalue weighted by Gasteiger charge is 2.10. The lowest BCUT2D eigenvalue weighted by atomic mass is 10.1. The molecule has 0 fully saturated rings. The van der Waals surface area contributed by atoms with Crippen molar-refractivity contribution in [3.05, 3.63) is 48.2 Å². The van der Waals surface area contributed by atoms with Crippen LogP contribution in [0.4, 0.5) is 0 Å². The predicted octanol–water partition coefficient (Wildman–Crippen LogP) is 1.78. The molecule has 2 nitrogen and oxygen atoms in total. The van der Waals surface area contributed by atoms with E-state index in [1.807, 2.05) is 36.4 Å². The van der Waals surface area contributed by atoms with E-state index < -0.39 is 0 Å². The van der Waals surface area contributed by atoms with Gasteiger partial charge in [-0.3, -0.25) is 10.3 Å². The highest BCUT2D eigenvalue weighted by atomic mass is 16.7. The van der Waals surface area contributed by atoms with Gasteiger partial charge in [-0.15, -0.1) is 0 Å². The average Bonchev–Trinajstić information content (AvgIpc) is 2.58. The summed E-state index contributed by atoms with van der Waals surface area (Å²) in [6, 6.07) is 10.1. The first-order valence-corrected chi connectivity index (χ1v) is 3.59. The highest BCUT2D eigenvalue weighted by molar-refractivity contribution is 5.21. The minimum absolute atomic E-state index is 0.0798. The number of hydrogen-bond acceptors (Lipinski definition) is 2. The predicted molar refractivity (Wildman–Crippen MR) is 42.5 cm³/mol. The van der Waals surface area contributed by atoms with Crippen LogP contribution in [0.1, 0.15) is 11.7 Å². The van der Waals surface area contributed by atoms with E-state index in [1.165, 1.54) is 5.56 Å². The van der Waals surface area contributed by atoms with E-state index in [0.717, 1.165) is 0 Å². The second-order valence-corrected chi connectivity index (χ2v) is 2.43. The van der Waals surface area contributed by atoms with E-state index in [9.17, 15) is 0 Å². The lowest BCUT2D eigenvalue weighted by Crippen LogP contribution is -2.02. The van der Waals surface area contributed by atoms with Gasteiger partial charge in [-0.2, -0.15) is 0 Å². The standard InChI is InChI=1S/C9H9NO/c1-2-4-8(5-3-1)9-6-7-10-11-9/h1-7,9-10H/t9-/m1/s1. The number of hydrogen-bond donors (Lipinski definition) is 1. The molecule has 2 heteroatoms. The molecule has 0 bridgehead atoms. The third-order valence-electron chi connectivity index (χ3n) is 1.66. The fraction of sp³-hybridized carbons (Fsp3) is 0.111. The Morgan fingerprint density at radius 3 is 2.64 bits per heavy atom. The Morgan fingerprint density at radius 1 is 1.18 bits per heavy atom. The van der Waals surface area contributed by atoms with Crippen molar-refractivity contribution in [1.29, 1.82) is 0 Å². The Kier molecular flexibility index (Phi) is 1.61. The van der Waals surface area contributed by atoms with E-state index in [2.05, 4.69) is 5.48 Å². The summed E-state index contributed by atoms with van der Waals surface area (Å²) in [5.74, 6) is 0. The average molecular weight is 147 g/mol. The van der Waals surface area contributed by atoms with Crippen molar-refractivity contribution in [2.75, 3.05) is 0 Å². The van der Waals surface area contributed by atoms with Crippen LogP contribution in [0.15, 0.2) is 42.6 Å². The van der Waals surface area contributed by atoms with Crippen molar-refractivity contribution in [3.63, 3.8) is 0 Å². The molecular weight excluding hydrogens is 138 g/mol. The van der Waals surface area contributed by atoms with E-state index in [-0.39, 0.29) is 6.10 Å². The second kappa shape index (κ2) is 2.76. The van der Waals surface area contributed by atoms with Gasteiger partial charge >= 0.3 is 0 Å². The summed E-state index contributed by atoms with van der Waals surface area (Å²) in [4.78, 5) is 5.18. The third kappa shape index (κ3) is 1.25. The molecule has 1 aromatic rings. The normalized spacial score (nSPS) is 21.6. The molecule has 1 heterocycles. The monoisotopic (exact) mass is 147 g/mol. The van der Waals surface area contributed by atoms with E-state index in [0.29, 0.717) is 0 Å². The quantitative estimate of drug-likeness (QED) is 0.653. The van der Waals surface area contributed by atoms with Gasteiger partial charge < -0.3 is 0 Å². The Hall–Kier alpha value is -1.28. The summed E-state index contributed by atoms with van der Waals surface area (Å²) in [6.45, 7) is 0. The van der Waals surface area contributed by atoms with Crippen molar-refractivity contribution in [1.82, 2.24) is 5.48 Å². The molecule has 11 heavy (non-hydrogen) atoms. The summed E-state index contributed by atoms with van der Waals surface area (Å²) >= 11 is 0. The molecule has 0 aliphatic carbocycles. The fourth-order valence-corrected chi connectivity index (χ4v) is 1.10. The SMILES string of the molecule is C1=C[C@H](c2ccccc2)ON1. The first-order valence-electron chi connectivity index (χ1n) is 3.59. The first kappa shape index (κ1) is 6.43. The Labute approximate surface area is 65.4 Å². The van der Waals surface area contributed by atoms with Gasteiger partial charge in [-0.25, -0.2) is 0 Å². The molecule has 2 rings (SSSR count). The molecule has 0 radical (unpaired) electrons. The van der Waals surface area contributed by atoms with E-state index in [1.54, 1.807) is 6.20 Å². The summed E-state index contributed by atoms with van der Waals surface area (Å²) in [5, 5.41) is 0. The molecule has 1 aliphatic heterocycles. The topological polar surface area (TPSA) is 21.3 Å². The molecule has 56 valence electrons. The van der Waals surface area contributed by atoms with Gasteiger partial charge in [0.25, 0.3) is 0 Å². The largest absolute Gasteiger partial charge is 0.274 e. The molecule has 1 aliphatic rings. The van der Waals surface area contributed by atoms with Crippen LogP contribution < -0.4 is 5.48 Å². The summed E-state index contributed by atoms with van der Waals surface area (Å²) in [5.41, 5.74) is 3.87. The number of benzene rings is 1. The molecule has 0 amide bonds. The van der Waals surface area contributed by atoms with Crippen LogP contribution in [0, 0.1) is 0 Å². The molecule has 1 aromatic carbocycles. The molecular formula is C9H9NO. The highest BCUT2D eigenvalue weighted by Crippen LogP contribution is 2.19. The van der Waals surface area contributed by atoms with Gasteiger partial charge in [0.15, 0.2) is 0 Å². The number of hydroxylamine groups is 1. The van der Waals surface area contributed by atoms with Crippen molar-refractivity contribution in [2.24, 2.45) is 0 Å². The molecule has 0 saturated heterocycles. The maximum Gasteiger partial charge on any atom is 0.130 e. The molecule has 1 N–H and O–H groups in total. The molecule has 1 atom stereocenters. The van der Waals surface area contributed by atoms with Gasteiger partial charge in [0.2, 0.25) is 0 Å². The van der Waals surface area contributed by atoms with Gasteiger partial charge in [0, 0.05) is 6.20 Å². The van der Waals surface area contributed by atoms with Crippen LogP contribution in [0.25, 0.3) is 0 Å². The van der Waals surface area contributed by atoms with E-state index in [4.69, 9.17) is 4.84 Å². The molecule has 0 unspecified atom stereocenters. The van der Waals surface area contributed by atoms with Crippen LogP contribution in [0.2, 0.25) is 0 Å². The first-order chi connectivity index (χ1) is 5.47. The minimum atomic E-state index is 0.0798. The van der Waals surface area contributed by atoms with Gasteiger partial charge in [0.05, 0.1) is 0 Å². The van der Waals surface area contributed by atoms with Gasteiger partial charge in [-0.1, -0.05) is 30.3 Å². The van der Waals surface area contributed by atoms with Gasteiger partial charge in [0.1, 0.15) is 6.10 Å². The minimum Gasteiger partial charge on any atom is -0.274 e. The zero-order chi connectivity index (χ0) is 7.52. The van der Waals surface area contributed by atoms with Crippen LogP contribution in [0.5, 0.6) is 0 Å². The Morgan fingerprint density at radius 2 is 2.00 bits per heavy atom. The number of rotatable bonds is 1. The van der Waals surface area contributed by atoms with Gasteiger partial charge in [-0.05, 0) is 11.6 Å². The maximum atomic E-state index is 5.18. The lowest BCUT2D eigenvalue weighted by molar-refractivity contribution is 0.0470. The maximum absolute atomic E-state index is 5.18. The van der Waals surface area contributed by atoms with E-state index >= 15 is 0 Å². The van der Waals surface area contributed by atoms with Crippen molar-refractivity contribution >= 4 is 0 Å². The summed E-state index contributed by atoms with van der Waals surface area (Å²) < 4.78 is 0. The lowest BCUT2D eigenvalue weighted by Gasteiger charge is -2.05. The molecule has 0 spiro atoms. The summed E-state index contributed by atoms with van der Waals surface area (Å²) in [7, 11) is 0. The van der Waals surface area contributed by atoms with Crippen molar-refractivity contribution in [3.8, 4) is 0 Å². The Balaban J connectivity index is 2.23. The fourth-order valence-electron chi connectivity index (χ4n) is 1.10. The zero-order valence-electron chi connectivity index (χ0n) is 6.03. The second-order valence-electron chi connectivity index (χ2n) is 2.43. The smallest absolute Gasteiger partial charge is 0.130 e. The number of nitrogens with one attached hydrogen (secondary N) is 1. The van der Waals surface area contributed by atoms with Crippen LogP contribution in [-0.4, -0.2) is 0 Å². The van der Waals surface area contributed by atoms with Crippen molar-refractivity contribution < 1.29 is 4.84 Å². The van der Waals surface area contributed by atoms with Crippen molar-refractivity contribution in [2.45, 2.75) is 6.10 Å². The van der Waals surface area contributed by atoms with Crippen LogP contribution in [-0.2, 0) is 4.84 Å². The van der Waals surface area contributed by atoms with Crippen LogP contribution >= 0.6 is 0 Å².